The smallest absolute Gasteiger partial charge is 0.258 e. The maximum absolute atomic E-state index is 12.6. The van der Waals surface area contributed by atoms with Gasteiger partial charge in [0.15, 0.2) is 0 Å². The number of hydrogen-bond donors (Lipinski definition) is 1. The first-order chi connectivity index (χ1) is 12.1. The number of benzene rings is 2. The van der Waals surface area contributed by atoms with Crippen LogP contribution in [0.5, 0.6) is 0 Å². The summed E-state index contributed by atoms with van der Waals surface area (Å²) >= 11 is 0. The highest BCUT2D eigenvalue weighted by atomic mass is 16.3. The standard InChI is InChI=1S/C20H22N2O3/c1-21(18-5-3-2-4-6-18)19(24)16-7-9-17(10-8-16)20(25)22-12-11-15(13-22)14-23/h2-10,15,23H,11-14H2,1H3. The van der Waals surface area contributed by atoms with Crippen molar-refractivity contribution in [1.29, 1.82) is 0 Å². The molecule has 5 heteroatoms. The molecular weight excluding hydrogens is 316 g/mol. The van der Waals surface area contributed by atoms with Crippen molar-refractivity contribution in [3.05, 3.63) is 65.7 Å². The molecule has 1 unspecified atom stereocenters. The Morgan fingerprint density at radius 2 is 1.72 bits per heavy atom. The van der Waals surface area contributed by atoms with Crippen molar-refractivity contribution in [1.82, 2.24) is 4.90 Å². The number of amides is 2. The summed E-state index contributed by atoms with van der Waals surface area (Å²) in [5.41, 5.74) is 1.93. The fourth-order valence-corrected chi connectivity index (χ4v) is 3.07. The largest absolute Gasteiger partial charge is 0.396 e. The van der Waals surface area contributed by atoms with Gasteiger partial charge < -0.3 is 14.9 Å². The molecule has 0 radical (unpaired) electrons. The van der Waals surface area contributed by atoms with E-state index in [1.54, 1.807) is 41.1 Å². The zero-order valence-electron chi connectivity index (χ0n) is 14.3. The minimum Gasteiger partial charge on any atom is -0.396 e. The van der Waals surface area contributed by atoms with Gasteiger partial charge in [0.1, 0.15) is 0 Å². The number of para-hydroxylation sites is 1. The second-order valence-corrected chi connectivity index (χ2v) is 6.37. The molecule has 1 aliphatic heterocycles. The van der Waals surface area contributed by atoms with E-state index in [4.69, 9.17) is 0 Å². The van der Waals surface area contributed by atoms with Crippen molar-refractivity contribution in [3.8, 4) is 0 Å². The molecular formula is C20H22N2O3. The number of aliphatic hydroxyl groups excluding tert-OH is 1. The number of carbonyl (C=O) groups excluding carboxylic acids is 2. The SMILES string of the molecule is CN(C(=O)c1ccc(C(=O)N2CCC(CO)C2)cc1)c1ccccc1. The molecule has 2 amide bonds. The number of aliphatic hydroxyl groups is 1. The lowest BCUT2D eigenvalue weighted by Crippen LogP contribution is -2.29. The molecule has 25 heavy (non-hydrogen) atoms. The lowest BCUT2D eigenvalue weighted by atomic mass is 10.1. The van der Waals surface area contributed by atoms with Crippen molar-refractivity contribution >= 4 is 17.5 Å². The van der Waals surface area contributed by atoms with Gasteiger partial charge in [-0.25, -0.2) is 0 Å². The first-order valence-electron chi connectivity index (χ1n) is 8.43. The van der Waals surface area contributed by atoms with E-state index < -0.39 is 0 Å². The zero-order chi connectivity index (χ0) is 17.8. The third-order valence-electron chi connectivity index (χ3n) is 4.66. The third-order valence-corrected chi connectivity index (χ3v) is 4.66. The van der Waals surface area contributed by atoms with Crippen molar-refractivity contribution in [3.63, 3.8) is 0 Å². The summed E-state index contributed by atoms with van der Waals surface area (Å²) in [7, 11) is 1.73. The van der Waals surface area contributed by atoms with Crippen molar-refractivity contribution in [2.24, 2.45) is 5.92 Å². The molecule has 0 saturated carbocycles. The van der Waals surface area contributed by atoms with Crippen LogP contribution in [0.25, 0.3) is 0 Å². The molecule has 1 atom stereocenters. The number of anilines is 1. The van der Waals surface area contributed by atoms with Crippen LogP contribution in [0.3, 0.4) is 0 Å². The highest BCUT2D eigenvalue weighted by Crippen LogP contribution is 2.19. The van der Waals surface area contributed by atoms with Gasteiger partial charge in [-0.05, 0) is 42.8 Å². The Morgan fingerprint density at radius 1 is 1.08 bits per heavy atom. The number of nitrogens with zero attached hydrogens (tertiary/aromatic N) is 2. The van der Waals surface area contributed by atoms with E-state index in [0.717, 1.165) is 12.1 Å². The topological polar surface area (TPSA) is 60.9 Å². The van der Waals surface area contributed by atoms with Crippen LogP contribution in [0.15, 0.2) is 54.6 Å². The number of rotatable bonds is 4. The van der Waals surface area contributed by atoms with E-state index >= 15 is 0 Å². The molecule has 1 fully saturated rings. The lowest BCUT2D eigenvalue weighted by Gasteiger charge is -2.18. The molecule has 0 aromatic heterocycles. The molecule has 0 bridgehead atoms. The predicted molar refractivity (Wildman–Crippen MR) is 96.7 cm³/mol. The van der Waals surface area contributed by atoms with E-state index in [1.807, 2.05) is 30.3 Å². The monoisotopic (exact) mass is 338 g/mol. The zero-order valence-corrected chi connectivity index (χ0v) is 14.3. The molecule has 0 spiro atoms. The Hall–Kier alpha value is -2.66. The summed E-state index contributed by atoms with van der Waals surface area (Å²) in [6.45, 7) is 1.37. The van der Waals surface area contributed by atoms with Gasteiger partial charge in [-0.2, -0.15) is 0 Å². The molecule has 1 saturated heterocycles. The maximum atomic E-state index is 12.6. The van der Waals surface area contributed by atoms with Gasteiger partial charge in [0.2, 0.25) is 0 Å². The van der Waals surface area contributed by atoms with Gasteiger partial charge in [0.05, 0.1) is 0 Å². The van der Waals surface area contributed by atoms with E-state index in [9.17, 15) is 14.7 Å². The molecule has 1 aliphatic rings. The van der Waals surface area contributed by atoms with Gasteiger partial charge in [-0.15, -0.1) is 0 Å². The molecule has 2 aromatic rings. The van der Waals surface area contributed by atoms with E-state index in [2.05, 4.69) is 0 Å². The summed E-state index contributed by atoms with van der Waals surface area (Å²) in [5, 5.41) is 9.20. The minimum absolute atomic E-state index is 0.0497. The Kier molecular flexibility index (Phi) is 5.14. The Labute approximate surface area is 147 Å². The van der Waals surface area contributed by atoms with Crippen molar-refractivity contribution in [2.75, 3.05) is 31.6 Å². The van der Waals surface area contributed by atoms with Crippen LogP contribution in [0, 0.1) is 5.92 Å². The summed E-state index contributed by atoms with van der Waals surface area (Å²) < 4.78 is 0. The van der Waals surface area contributed by atoms with Gasteiger partial charge in [-0.1, -0.05) is 18.2 Å². The fourth-order valence-electron chi connectivity index (χ4n) is 3.07. The molecule has 3 rings (SSSR count). The lowest BCUT2D eigenvalue weighted by molar-refractivity contribution is 0.0781. The first-order valence-corrected chi connectivity index (χ1v) is 8.43. The van der Waals surface area contributed by atoms with Gasteiger partial charge >= 0.3 is 0 Å². The maximum Gasteiger partial charge on any atom is 0.258 e. The Bertz CT molecular complexity index is 743. The van der Waals surface area contributed by atoms with Crippen LogP contribution in [0.1, 0.15) is 27.1 Å². The van der Waals surface area contributed by atoms with Gasteiger partial charge in [0.25, 0.3) is 11.8 Å². The van der Waals surface area contributed by atoms with Crippen LogP contribution in [-0.4, -0.2) is 48.6 Å². The second-order valence-electron chi connectivity index (χ2n) is 6.37. The van der Waals surface area contributed by atoms with E-state index in [1.165, 1.54) is 0 Å². The van der Waals surface area contributed by atoms with Crippen LogP contribution < -0.4 is 4.90 Å². The molecule has 5 nitrogen and oxygen atoms in total. The minimum atomic E-state index is -0.119. The normalized spacial score (nSPS) is 16.7. The average Bonchev–Trinajstić information content (AvgIpc) is 3.16. The fraction of sp³-hybridized carbons (Fsp3) is 0.300. The van der Waals surface area contributed by atoms with Crippen LogP contribution in [0.4, 0.5) is 5.69 Å². The summed E-state index contributed by atoms with van der Waals surface area (Å²) in [4.78, 5) is 28.4. The highest BCUT2D eigenvalue weighted by Gasteiger charge is 2.26. The number of carbonyl (C=O) groups is 2. The van der Waals surface area contributed by atoms with E-state index in [-0.39, 0.29) is 24.3 Å². The number of hydrogen-bond acceptors (Lipinski definition) is 3. The Morgan fingerprint density at radius 3 is 2.32 bits per heavy atom. The molecule has 2 aromatic carbocycles. The quantitative estimate of drug-likeness (QED) is 0.931. The highest BCUT2D eigenvalue weighted by molar-refractivity contribution is 6.06. The average molecular weight is 338 g/mol. The van der Waals surface area contributed by atoms with Gasteiger partial charge in [0, 0.05) is 49.5 Å². The van der Waals surface area contributed by atoms with Crippen molar-refractivity contribution < 1.29 is 14.7 Å². The molecule has 1 heterocycles. The molecule has 130 valence electrons. The third kappa shape index (κ3) is 3.72. The van der Waals surface area contributed by atoms with Gasteiger partial charge in [-0.3, -0.25) is 9.59 Å². The second kappa shape index (κ2) is 7.49. The van der Waals surface area contributed by atoms with Crippen LogP contribution in [-0.2, 0) is 0 Å². The molecule has 0 aliphatic carbocycles. The summed E-state index contributed by atoms with van der Waals surface area (Å²) in [6, 6.07) is 16.2. The first kappa shape index (κ1) is 17.2. The van der Waals surface area contributed by atoms with E-state index in [0.29, 0.717) is 24.2 Å². The van der Waals surface area contributed by atoms with Crippen molar-refractivity contribution in [2.45, 2.75) is 6.42 Å². The Balaban J connectivity index is 1.70. The van der Waals surface area contributed by atoms with Crippen LogP contribution >= 0.6 is 0 Å². The summed E-state index contributed by atoms with van der Waals surface area (Å²) in [5.74, 6) is 0.00222. The predicted octanol–water partition coefficient (Wildman–Crippen LogP) is 2.42. The number of likely N-dealkylation sites (tertiary alicyclic amines) is 1. The summed E-state index contributed by atoms with van der Waals surface area (Å²) in [6.07, 6.45) is 0.834. The molecule has 1 N–H and O–H groups in total. The van der Waals surface area contributed by atoms with Crippen LogP contribution in [0.2, 0.25) is 0 Å².